The molecule has 2 atom stereocenters. The molecule has 1 amide bonds. The number of likely N-dealkylation sites (tertiary alicyclic amines) is 1. The Labute approximate surface area is 143 Å². The molecule has 1 aliphatic carbocycles. The van der Waals surface area contributed by atoms with E-state index in [0.717, 1.165) is 4.90 Å². The van der Waals surface area contributed by atoms with Gasteiger partial charge in [0.1, 0.15) is 0 Å². The van der Waals surface area contributed by atoms with Crippen molar-refractivity contribution in [3.8, 4) is 0 Å². The molecule has 0 radical (unpaired) electrons. The van der Waals surface area contributed by atoms with E-state index in [1.807, 2.05) is 0 Å². The van der Waals surface area contributed by atoms with E-state index in [-0.39, 0.29) is 30.3 Å². The van der Waals surface area contributed by atoms with Gasteiger partial charge < -0.3 is 4.90 Å². The molecule has 0 unspecified atom stereocenters. The zero-order valence-electron chi connectivity index (χ0n) is 12.8. The summed E-state index contributed by atoms with van der Waals surface area (Å²) in [5, 5.41) is -0.454. The van der Waals surface area contributed by atoms with Crippen LogP contribution in [0, 0.1) is 5.92 Å². The highest BCUT2D eigenvalue weighted by Crippen LogP contribution is 2.36. The van der Waals surface area contributed by atoms with Gasteiger partial charge in [0.15, 0.2) is 14.9 Å². The van der Waals surface area contributed by atoms with Crippen molar-refractivity contribution in [3.05, 3.63) is 23.4 Å². The molecule has 1 saturated heterocycles. The Kier molecular flexibility index (Phi) is 4.55. The molecule has 132 valence electrons. The van der Waals surface area contributed by atoms with Gasteiger partial charge in [-0.3, -0.25) is 4.79 Å². The molecule has 1 aromatic heterocycles. The predicted molar refractivity (Wildman–Crippen MR) is 83.7 cm³/mol. The highest BCUT2D eigenvalue weighted by Gasteiger charge is 2.45. The summed E-state index contributed by atoms with van der Waals surface area (Å²) in [5.74, 6) is -3.73. The summed E-state index contributed by atoms with van der Waals surface area (Å²) in [6.07, 6.45) is 1.79. The number of carbonyl (C=O) groups excluding carboxylic acids is 1. The highest BCUT2D eigenvalue weighted by molar-refractivity contribution is 7.92. The summed E-state index contributed by atoms with van der Waals surface area (Å²) in [4.78, 5) is 17.4. The van der Waals surface area contributed by atoms with Crippen molar-refractivity contribution in [2.24, 2.45) is 5.92 Å². The van der Waals surface area contributed by atoms with Gasteiger partial charge >= 0.3 is 0 Å². The van der Waals surface area contributed by atoms with E-state index < -0.39 is 33.5 Å². The number of sulfone groups is 1. The molecule has 0 N–H and O–H groups in total. The first-order valence-electron chi connectivity index (χ1n) is 7.71. The molecule has 1 saturated carbocycles. The zero-order chi connectivity index (χ0) is 17.5. The summed E-state index contributed by atoms with van der Waals surface area (Å²) in [6.45, 7) is -0.545. The minimum Gasteiger partial charge on any atom is -0.336 e. The maximum atomic E-state index is 13.3. The van der Waals surface area contributed by atoms with Crippen molar-refractivity contribution >= 4 is 27.3 Å². The third-order valence-electron chi connectivity index (χ3n) is 4.65. The first kappa shape index (κ1) is 17.5. The molecule has 5 nitrogen and oxygen atoms in total. The van der Waals surface area contributed by atoms with Crippen molar-refractivity contribution in [3.63, 3.8) is 0 Å². The molecule has 9 heteroatoms. The summed E-state index contributed by atoms with van der Waals surface area (Å²) in [6, 6.07) is 2.79. The second kappa shape index (κ2) is 6.22. The Bertz CT molecular complexity index is 740. The lowest BCUT2D eigenvalue weighted by atomic mass is 10.1. The van der Waals surface area contributed by atoms with Crippen LogP contribution in [-0.4, -0.2) is 48.5 Å². The van der Waals surface area contributed by atoms with Crippen molar-refractivity contribution < 1.29 is 22.0 Å². The molecule has 0 bridgehead atoms. The van der Waals surface area contributed by atoms with E-state index in [2.05, 4.69) is 4.98 Å². The van der Waals surface area contributed by atoms with Crippen LogP contribution in [0.5, 0.6) is 0 Å². The van der Waals surface area contributed by atoms with E-state index in [9.17, 15) is 22.0 Å². The molecule has 2 heterocycles. The maximum absolute atomic E-state index is 13.3. The monoisotopic (exact) mass is 378 g/mol. The number of pyridine rings is 1. The van der Waals surface area contributed by atoms with Gasteiger partial charge in [-0.05, 0) is 31.4 Å². The third-order valence-corrected chi connectivity index (χ3v) is 7.00. The van der Waals surface area contributed by atoms with Gasteiger partial charge in [0.05, 0.1) is 16.8 Å². The normalized spacial score (nSPS) is 26.7. The molecular weight excluding hydrogens is 362 g/mol. The van der Waals surface area contributed by atoms with E-state index in [0.29, 0.717) is 17.9 Å². The van der Waals surface area contributed by atoms with Crippen LogP contribution in [0.3, 0.4) is 0 Å². The minimum atomic E-state index is -3.66. The highest BCUT2D eigenvalue weighted by atomic mass is 35.5. The second-order valence-electron chi connectivity index (χ2n) is 6.36. The molecule has 3 rings (SSSR count). The number of aromatic nitrogens is 1. The number of rotatable bonds is 3. The van der Waals surface area contributed by atoms with Crippen LogP contribution in [0.4, 0.5) is 8.78 Å². The van der Waals surface area contributed by atoms with Gasteiger partial charge in [-0.2, -0.15) is 0 Å². The number of hydrogen-bond donors (Lipinski definition) is 0. The number of amides is 1. The first-order chi connectivity index (χ1) is 11.2. The lowest BCUT2D eigenvalue weighted by molar-refractivity contribution is -0.135. The predicted octanol–water partition coefficient (Wildman–Crippen LogP) is 2.55. The molecule has 24 heavy (non-hydrogen) atoms. The number of hydrogen-bond acceptors (Lipinski definition) is 4. The zero-order valence-corrected chi connectivity index (χ0v) is 14.4. The second-order valence-corrected chi connectivity index (χ2v) is 8.97. The largest absolute Gasteiger partial charge is 0.336 e. The Balaban J connectivity index is 1.69. The summed E-state index contributed by atoms with van der Waals surface area (Å²) in [5.41, 5.74) is 0. The fraction of sp³-hybridized carbons (Fsp3) is 0.600. The SMILES string of the molecule is O=C([C@@H]1CC[C@H](S(=O)(=O)c2ccc(Cl)cn2)C1)N1CCC(F)(F)C1. The van der Waals surface area contributed by atoms with Crippen LogP contribution in [0.1, 0.15) is 25.7 Å². The molecular formula is C15H17ClF2N2O3S. The quantitative estimate of drug-likeness (QED) is 0.810. The van der Waals surface area contributed by atoms with Crippen LogP contribution in [0.25, 0.3) is 0 Å². The van der Waals surface area contributed by atoms with Gasteiger partial charge in [-0.25, -0.2) is 22.2 Å². The van der Waals surface area contributed by atoms with E-state index in [1.54, 1.807) is 0 Å². The minimum absolute atomic E-state index is 0.0263. The van der Waals surface area contributed by atoms with Crippen LogP contribution in [0.15, 0.2) is 23.4 Å². The van der Waals surface area contributed by atoms with Crippen molar-refractivity contribution in [2.75, 3.05) is 13.1 Å². The van der Waals surface area contributed by atoms with Crippen molar-refractivity contribution in [2.45, 2.75) is 41.9 Å². The van der Waals surface area contributed by atoms with Gasteiger partial charge in [-0.15, -0.1) is 0 Å². The lowest BCUT2D eigenvalue weighted by Gasteiger charge is -2.20. The van der Waals surface area contributed by atoms with E-state index >= 15 is 0 Å². The fourth-order valence-electron chi connectivity index (χ4n) is 3.33. The van der Waals surface area contributed by atoms with Crippen LogP contribution >= 0.6 is 11.6 Å². The number of alkyl halides is 2. The Morgan fingerprint density at radius 3 is 2.67 bits per heavy atom. The van der Waals surface area contributed by atoms with Gasteiger partial charge in [0.2, 0.25) is 5.91 Å². The maximum Gasteiger partial charge on any atom is 0.267 e. The van der Waals surface area contributed by atoms with Gasteiger partial charge in [0.25, 0.3) is 5.92 Å². The number of carbonyl (C=O) groups is 1. The number of halogens is 3. The molecule has 2 fully saturated rings. The topological polar surface area (TPSA) is 67.3 Å². The van der Waals surface area contributed by atoms with Crippen LogP contribution < -0.4 is 0 Å². The van der Waals surface area contributed by atoms with Crippen molar-refractivity contribution in [1.82, 2.24) is 9.88 Å². The Hall–Kier alpha value is -1.28. The smallest absolute Gasteiger partial charge is 0.267 e. The summed E-state index contributed by atoms with van der Waals surface area (Å²) in [7, 11) is -3.66. The van der Waals surface area contributed by atoms with E-state index in [1.165, 1.54) is 18.3 Å². The summed E-state index contributed by atoms with van der Waals surface area (Å²) >= 11 is 5.71. The molecule has 0 aromatic carbocycles. The summed E-state index contributed by atoms with van der Waals surface area (Å²) < 4.78 is 51.7. The van der Waals surface area contributed by atoms with Gasteiger partial charge in [0, 0.05) is 25.1 Å². The molecule has 1 aromatic rings. The molecule has 1 aliphatic heterocycles. The van der Waals surface area contributed by atoms with Gasteiger partial charge in [-0.1, -0.05) is 11.6 Å². The average Bonchev–Trinajstić information content (AvgIpc) is 3.14. The van der Waals surface area contributed by atoms with E-state index in [4.69, 9.17) is 11.6 Å². The van der Waals surface area contributed by atoms with Crippen LogP contribution in [0.2, 0.25) is 5.02 Å². The first-order valence-corrected chi connectivity index (χ1v) is 9.63. The molecule has 2 aliphatic rings. The third kappa shape index (κ3) is 3.39. The van der Waals surface area contributed by atoms with Crippen molar-refractivity contribution in [1.29, 1.82) is 0 Å². The number of nitrogens with zero attached hydrogens (tertiary/aromatic N) is 2. The fourth-order valence-corrected chi connectivity index (χ4v) is 5.17. The molecule has 0 spiro atoms. The average molecular weight is 379 g/mol. The lowest BCUT2D eigenvalue weighted by Crippen LogP contribution is -2.35. The Morgan fingerprint density at radius 2 is 2.08 bits per heavy atom. The standard InChI is InChI=1S/C15H17ClF2N2O3S/c16-11-2-4-13(19-8-11)24(22,23)12-3-1-10(7-12)14(21)20-6-5-15(17,18)9-20/h2,4,8,10,12H,1,3,5-7,9H2/t10-,12+/m1/s1. The Morgan fingerprint density at radius 1 is 1.33 bits per heavy atom. The van der Waals surface area contributed by atoms with Crippen LogP contribution in [-0.2, 0) is 14.6 Å².